The van der Waals surface area contributed by atoms with E-state index in [2.05, 4.69) is 5.32 Å². The quantitative estimate of drug-likeness (QED) is 0.770. The molecule has 1 rings (SSSR count). The second-order valence-corrected chi connectivity index (χ2v) is 3.86. The lowest BCUT2D eigenvalue weighted by Crippen LogP contribution is -2.35. The Morgan fingerprint density at radius 1 is 1.56 bits per heavy atom. The lowest BCUT2D eigenvalue weighted by atomic mass is 10.2. The zero-order valence-corrected chi connectivity index (χ0v) is 10.8. The number of nitrogens with one attached hydrogen (secondary N) is 1. The maximum atomic E-state index is 13.7. The van der Waals surface area contributed by atoms with Crippen LogP contribution in [0.15, 0.2) is 12.1 Å². The molecule has 0 aliphatic carbocycles. The smallest absolute Gasteiger partial charge is 0.239 e. The van der Waals surface area contributed by atoms with E-state index in [0.29, 0.717) is 12.3 Å². The first-order valence-corrected chi connectivity index (χ1v) is 5.60. The van der Waals surface area contributed by atoms with Gasteiger partial charge in [-0.05, 0) is 6.92 Å². The number of hydrogen-bond donors (Lipinski definition) is 2. The summed E-state index contributed by atoms with van der Waals surface area (Å²) in [5.41, 5.74) is 6.08. The molecule has 5 nitrogen and oxygen atoms in total. The van der Waals surface area contributed by atoms with Gasteiger partial charge >= 0.3 is 0 Å². The number of ether oxygens (including phenoxy) is 1. The molecule has 0 radical (unpaired) electrons. The van der Waals surface area contributed by atoms with Gasteiger partial charge in [-0.2, -0.15) is 0 Å². The molecule has 1 amide bonds. The molecular formula is C12H18FN3O2. The molecule has 0 spiro atoms. The Balaban J connectivity index is 2.91. The van der Waals surface area contributed by atoms with Gasteiger partial charge in [0.15, 0.2) is 0 Å². The summed E-state index contributed by atoms with van der Waals surface area (Å²) < 4.78 is 18.8. The van der Waals surface area contributed by atoms with Crippen molar-refractivity contribution in [2.45, 2.75) is 6.92 Å². The number of carbonyl (C=O) groups is 1. The van der Waals surface area contributed by atoms with E-state index in [1.54, 1.807) is 7.05 Å². The van der Waals surface area contributed by atoms with Gasteiger partial charge in [-0.3, -0.25) is 4.79 Å². The second-order valence-electron chi connectivity index (χ2n) is 3.86. The van der Waals surface area contributed by atoms with Crippen LogP contribution in [0.1, 0.15) is 6.92 Å². The van der Waals surface area contributed by atoms with Crippen LogP contribution in [0.5, 0.6) is 5.75 Å². The van der Waals surface area contributed by atoms with Crippen LogP contribution in [0.25, 0.3) is 0 Å². The first-order chi connectivity index (χ1) is 8.49. The Morgan fingerprint density at radius 3 is 2.78 bits per heavy atom. The fourth-order valence-electron chi connectivity index (χ4n) is 1.58. The molecule has 0 aliphatic heterocycles. The van der Waals surface area contributed by atoms with E-state index in [1.165, 1.54) is 24.1 Å². The van der Waals surface area contributed by atoms with Crippen molar-refractivity contribution in [3.8, 4) is 5.75 Å². The molecule has 6 heteroatoms. The molecule has 100 valence electrons. The van der Waals surface area contributed by atoms with Crippen LogP contribution in [0.3, 0.4) is 0 Å². The second kappa shape index (κ2) is 6.09. The fraction of sp³-hybridized carbons (Fsp3) is 0.417. The first-order valence-electron chi connectivity index (χ1n) is 5.60. The molecule has 0 unspecified atom stereocenters. The van der Waals surface area contributed by atoms with Gasteiger partial charge in [0.2, 0.25) is 5.91 Å². The number of amides is 1. The minimum absolute atomic E-state index is 0.0673. The number of carbonyl (C=O) groups excluding carboxylic acids is 1. The van der Waals surface area contributed by atoms with Gasteiger partial charge in [-0.1, -0.05) is 0 Å². The fourth-order valence-corrected chi connectivity index (χ4v) is 1.58. The summed E-state index contributed by atoms with van der Waals surface area (Å²) in [6.45, 7) is 2.43. The summed E-state index contributed by atoms with van der Waals surface area (Å²) in [5, 5.41) is 2.65. The molecule has 3 N–H and O–H groups in total. The number of nitrogen functional groups attached to an aromatic ring is 1. The van der Waals surface area contributed by atoms with Gasteiger partial charge in [0.05, 0.1) is 25.0 Å². The van der Waals surface area contributed by atoms with Crippen molar-refractivity contribution in [1.29, 1.82) is 0 Å². The van der Waals surface area contributed by atoms with Crippen LogP contribution >= 0.6 is 0 Å². The van der Waals surface area contributed by atoms with Crippen LogP contribution < -0.4 is 20.7 Å². The Morgan fingerprint density at radius 2 is 2.22 bits per heavy atom. The SMILES string of the molecule is CCNC(=O)CN(C)c1cc(OC)c(N)cc1F. The third-order valence-electron chi connectivity index (χ3n) is 2.47. The molecular weight excluding hydrogens is 237 g/mol. The Kier molecular flexibility index (Phi) is 4.76. The van der Waals surface area contributed by atoms with Crippen molar-refractivity contribution in [1.82, 2.24) is 5.32 Å². The average molecular weight is 255 g/mol. The van der Waals surface area contributed by atoms with Crippen LogP contribution in [0.2, 0.25) is 0 Å². The van der Waals surface area contributed by atoms with Crippen LogP contribution in [-0.4, -0.2) is 33.2 Å². The molecule has 0 bridgehead atoms. The molecule has 18 heavy (non-hydrogen) atoms. The topological polar surface area (TPSA) is 67.6 Å². The highest BCUT2D eigenvalue weighted by atomic mass is 19.1. The third kappa shape index (κ3) is 3.26. The van der Waals surface area contributed by atoms with Crippen molar-refractivity contribution in [3.05, 3.63) is 17.9 Å². The molecule has 1 aromatic carbocycles. The maximum absolute atomic E-state index is 13.7. The number of methoxy groups -OCH3 is 1. The summed E-state index contributed by atoms with van der Waals surface area (Å²) in [4.78, 5) is 12.9. The normalized spacial score (nSPS) is 10.0. The van der Waals surface area contributed by atoms with Crippen molar-refractivity contribution in [3.63, 3.8) is 0 Å². The largest absolute Gasteiger partial charge is 0.495 e. The predicted molar refractivity (Wildman–Crippen MR) is 69.3 cm³/mol. The van der Waals surface area contributed by atoms with E-state index in [0.717, 1.165) is 0 Å². The summed E-state index contributed by atoms with van der Waals surface area (Å²) in [6, 6.07) is 2.66. The van der Waals surface area contributed by atoms with Crippen LogP contribution in [0.4, 0.5) is 15.8 Å². The van der Waals surface area contributed by atoms with E-state index in [4.69, 9.17) is 10.5 Å². The van der Waals surface area contributed by atoms with Gasteiger partial charge in [0, 0.05) is 25.7 Å². The van der Waals surface area contributed by atoms with E-state index in [-0.39, 0.29) is 23.8 Å². The number of nitrogens with zero attached hydrogens (tertiary/aromatic N) is 1. The van der Waals surface area contributed by atoms with Crippen molar-refractivity contribution in [2.24, 2.45) is 0 Å². The summed E-state index contributed by atoms with van der Waals surface area (Å²) in [6.07, 6.45) is 0. The molecule has 0 fully saturated rings. The minimum Gasteiger partial charge on any atom is -0.495 e. The summed E-state index contributed by atoms with van der Waals surface area (Å²) in [7, 11) is 3.08. The van der Waals surface area contributed by atoms with Crippen molar-refractivity contribution >= 4 is 17.3 Å². The standard InChI is InChI=1S/C12H18FN3O2/c1-4-15-12(17)7-16(2)10-6-11(18-3)9(14)5-8(10)13/h5-6H,4,7,14H2,1-3H3,(H,15,17). The summed E-state index contributed by atoms with van der Waals surface area (Å²) in [5.74, 6) is -0.274. The predicted octanol–water partition coefficient (Wildman–Crippen LogP) is 0.989. The van der Waals surface area contributed by atoms with Gasteiger partial charge in [0.25, 0.3) is 0 Å². The number of hydrogen-bond acceptors (Lipinski definition) is 4. The highest BCUT2D eigenvalue weighted by molar-refractivity contribution is 5.81. The van der Waals surface area contributed by atoms with Crippen LogP contribution in [0, 0.1) is 5.82 Å². The molecule has 0 aliphatic rings. The number of benzene rings is 1. The van der Waals surface area contributed by atoms with Gasteiger partial charge in [-0.25, -0.2) is 4.39 Å². The monoisotopic (exact) mass is 255 g/mol. The van der Waals surface area contributed by atoms with Gasteiger partial charge in [0.1, 0.15) is 11.6 Å². The summed E-state index contributed by atoms with van der Waals surface area (Å²) >= 11 is 0. The Labute approximate surface area is 106 Å². The third-order valence-corrected chi connectivity index (χ3v) is 2.47. The maximum Gasteiger partial charge on any atom is 0.239 e. The number of anilines is 2. The number of halogens is 1. The molecule has 0 saturated carbocycles. The molecule has 0 aromatic heterocycles. The van der Waals surface area contributed by atoms with Gasteiger partial charge in [-0.15, -0.1) is 0 Å². The lowest BCUT2D eigenvalue weighted by molar-refractivity contribution is -0.119. The Bertz CT molecular complexity index is 438. The number of nitrogens with two attached hydrogens (primary N) is 1. The number of rotatable bonds is 5. The average Bonchev–Trinajstić information content (AvgIpc) is 2.29. The molecule has 0 atom stereocenters. The van der Waals surface area contributed by atoms with E-state index < -0.39 is 5.82 Å². The molecule has 0 heterocycles. The Hall–Kier alpha value is -1.98. The molecule has 1 aromatic rings. The van der Waals surface area contributed by atoms with Crippen LogP contribution in [-0.2, 0) is 4.79 Å². The zero-order chi connectivity index (χ0) is 13.7. The lowest BCUT2D eigenvalue weighted by Gasteiger charge is -2.20. The van der Waals surface area contributed by atoms with Crippen molar-refractivity contribution in [2.75, 3.05) is 37.9 Å². The molecule has 0 saturated heterocycles. The van der Waals surface area contributed by atoms with Crippen molar-refractivity contribution < 1.29 is 13.9 Å². The van der Waals surface area contributed by atoms with E-state index in [9.17, 15) is 9.18 Å². The minimum atomic E-state index is -0.486. The highest BCUT2D eigenvalue weighted by Gasteiger charge is 2.14. The first kappa shape index (κ1) is 14.1. The van der Waals surface area contributed by atoms with E-state index >= 15 is 0 Å². The zero-order valence-electron chi connectivity index (χ0n) is 10.8. The number of likely N-dealkylation sites (N-methyl/N-ethyl adjacent to an activating group) is 2. The highest BCUT2D eigenvalue weighted by Crippen LogP contribution is 2.29. The van der Waals surface area contributed by atoms with E-state index in [1.807, 2.05) is 6.92 Å². The van der Waals surface area contributed by atoms with Gasteiger partial charge < -0.3 is 20.7 Å².